The Balaban J connectivity index is 2.31. The van der Waals surface area contributed by atoms with E-state index in [1.807, 2.05) is 25.7 Å². The molecule has 1 amide bonds. The summed E-state index contributed by atoms with van der Waals surface area (Å²) in [7, 11) is 0. The number of terminal acetylenes is 1. The van der Waals surface area contributed by atoms with E-state index in [2.05, 4.69) is 5.92 Å². The van der Waals surface area contributed by atoms with Crippen LogP contribution < -0.4 is 0 Å². The number of hydrogen-bond acceptors (Lipinski definition) is 2. The van der Waals surface area contributed by atoms with Crippen LogP contribution in [0.15, 0.2) is 0 Å². The van der Waals surface area contributed by atoms with Gasteiger partial charge in [0.25, 0.3) is 0 Å². The van der Waals surface area contributed by atoms with Gasteiger partial charge in [-0.15, -0.1) is 12.3 Å². The van der Waals surface area contributed by atoms with E-state index in [9.17, 15) is 4.79 Å². The molecule has 0 radical (unpaired) electrons. The van der Waals surface area contributed by atoms with Gasteiger partial charge >= 0.3 is 6.09 Å². The Morgan fingerprint density at radius 1 is 1.33 bits per heavy atom. The first kappa shape index (κ1) is 14.9. The second-order valence-electron chi connectivity index (χ2n) is 5.92. The molecule has 3 heteroatoms. The van der Waals surface area contributed by atoms with Crippen LogP contribution in [0.25, 0.3) is 0 Å². The average Bonchev–Trinajstić information content (AvgIpc) is 3.04. The van der Waals surface area contributed by atoms with Crippen molar-refractivity contribution in [1.82, 2.24) is 4.90 Å². The molecule has 0 saturated heterocycles. The van der Waals surface area contributed by atoms with E-state index in [4.69, 9.17) is 11.2 Å². The molecule has 1 aliphatic rings. The van der Waals surface area contributed by atoms with Crippen molar-refractivity contribution < 1.29 is 9.53 Å². The number of hydrogen-bond donors (Lipinski definition) is 0. The summed E-state index contributed by atoms with van der Waals surface area (Å²) in [6, 6.07) is 0.410. The normalized spacial score (nSPS) is 15.0. The third kappa shape index (κ3) is 5.95. The van der Waals surface area contributed by atoms with Crippen LogP contribution in [0.5, 0.6) is 0 Å². The minimum Gasteiger partial charge on any atom is -0.444 e. The monoisotopic (exact) mass is 251 g/mol. The molecule has 0 aromatic heterocycles. The van der Waals surface area contributed by atoms with Crippen molar-refractivity contribution in [2.75, 3.05) is 6.54 Å². The second-order valence-corrected chi connectivity index (χ2v) is 5.92. The molecule has 0 bridgehead atoms. The van der Waals surface area contributed by atoms with Crippen LogP contribution in [0.3, 0.4) is 0 Å². The smallest absolute Gasteiger partial charge is 0.410 e. The van der Waals surface area contributed by atoms with Crippen LogP contribution in [0.1, 0.15) is 59.3 Å². The summed E-state index contributed by atoms with van der Waals surface area (Å²) in [5.41, 5.74) is -0.409. The van der Waals surface area contributed by atoms with Crippen molar-refractivity contribution in [3.05, 3.63) is 0 Å². The van der Waals surface area contributed by atoms with Gasteiger partial charge in [0.05, 0.1) is 0 Å². The molecule has 1 saturated carbocycles. The molecule has 0 aliphatic heterocycles. The van der Waals surface area contributed by atoms with E-state index >= 15 is 0 Å². The number of ether oxygens (including phenoxy) is 1. The largest absolute Gasteiger partial charge is 0.444 e. The molecular formula is C15H25NO2. The quantitative estimate of drug-likeness (QED) is 0.533. The lowest BCUT2D eigenvalue weighted by Gasteiger charge is -2.27. The standard InChI is InChI=1S/C15H25NO2/c1-5-6-7-8-9-12-16(13-10-11-13)14(17)18-15(2,3)4/h1,13H,6-12H2,2-4H3. The zero-order chi connectivity index (χ0) is 13.6. The number of rotatable bonds is 6. The first-order chi connectivity index (χ1) is 8.44. The van der Waals surface area contributed by atoms with Crippen molar-refractivity contribution in [3.8, 4) is 12.3 Å². The molecule has 0 N–H and O–H groups in total. The van der Waals surface area contributed by atoms with Gasteiger partial charge in [0.15, 0.2) is 0 Å². The molecule has 18 heavy (non-hydrogen) atoms. The van der Waals surface area contributed by atoms with Crippen molar-refractivity contribution in [3.63, 3.8) is 0 Å². The van der Waals surface area contributed by atoms with Crippen molar-refractivity contribution in [2.45, 2.75) is 70.9 Å². The molecule has 1 fully saturated rings. The fourth-order valence-electron chi connectivity index (χ4n) is 1.82. The molecular weight excluding hydrogens is 226 g/mol. The minimum atomic E-state index is -0.409. The van der Waals surface area contributed by atoms with Crippen molar-refractivity contribution in [1.29, 1.82) is 0 Å². The molecule has 1 aliphatic carbocycles. The van der Waals surface area contributed by atoms with Crippen LogP contribution in [-0.2, 0) is 4.74 Å². The Bertz CT molecular complexity index is 307. The Labute approximate surface area is 111 Å². The van der Waals surface area contributed by atoms with E-state index in [1.54, 1.807) is 0 Å². The maximum atomic E-state index is 12.0. The SMILES string of the molecule is C#CCCCCCN(C(=O)OC(C)(C)C)C1CC1. The van der Waals surface area contributed by atoms with E-state index < -0.39 is 5.60 Å². The fourth-order valence-corrected chi connectivity index (χ4v) is 1.82. The molecule has 1 rings (SSSR count). The van der Waals surface area contributed by atoms with Gasteiger partial charge in [0.2, 0.25) is 0 Å². The number of carbonyl (C=O) groups is 1. The van der Waals surface area contributed by atoms with Gasteiger partial charge in [-0.25, -0.2) is 4.79 Å². The summed E-state index contributed by atoms with van der Waals surface area (Å²) in [6.07, 6.45) is 11.2. The molecule has 3 nitrogen and oxygen atoms in total. The van der Waals surface area contributed by atoms with Gasteiger partial charge in [-0.2, -0.15) is 0 Å². The Kier molecular flexibility index (Phi) is 5.53. The lowest BCUT2D eigenvalue weighted by molar-refractivity contribution is 0.0230. The molecule has 0 atom stereocenters. The molecule has 0 aromatic rings. The highest BCUT2D eigenvalue weighted by Crippen LogP contribution is 2.28. The highest BCUT2D eigenvalue weighted by Gasteiger charge is 2.34. The van der Waals surface area contributed by atoms with Crippen molar-refractivity contribution >= 4 is 6.09 Å². The van der Waals surface area contributed by atoms with Gasteiger partial charge in [-0.3, -0.25) is 0 Å². The maximum absolute atomic E-state index is 12.0. The summed E-state index contributed by atoms with van der Waals surface area (Å²) >= 11 is 0. The summed E-state index contributed by atoms with van der Waals surface area (Å²) in [5, 5.41) is 0. The third-order valence-corrected chi connectivity index (χ3v) is 2.84. The van der Waals surface area contributed by atoms with Gasteiger partial charge < -0.3 is 9.64 Å². The molecule has 0 spiro atoms. The molecule has 0 unspecified atom stereocenters. The predicted octanol–water partition coefficient (Wildman–Crippen LogP) is 3.58. The van der Waals surface area contributed by atoms with Crippen LogP contribution in [0.4, 0.5) is 4.79 Å². The Morgan fingerprint density at radius 3 is 2.50 bits per heavy atom. The second kappa shape index (κ2) is 6.68. The number of unbranched alkanes of at least 4 members (excludes halogenated alkanes) is 3. The van der Waals surface area contributed by atoms with E-state index in [-0.39, 0.29) is 6.09 Å². The number of carbonyl (C=O) groups excluding carboxylic acids is 1. The maximum Gasteiger partial charge on any atom is 0.410 e. The molecule has 0 aromatic carbocycles. The molecule has 102 valence electrons. The first-order valence-corrected chi connectivity index (χ1v) is 6.87. The predicted molar refractivity (Wildman–Crippen MR) is 73.3 cm³/mol. The van der Waals surface area contributed by atoms with E-state index in [0.717, 1.165) is 45.1 Å². The average molecular weight is 251 g/mol. The number of amides is 1. The third-order valence-electron chi connectivity index (χ3n) is 2.84. The minimum absolute atomic E-state index is 0.165. The van der Waals surface area contributed by atoms with Crippen LogP contribution in [0, 0.1) is 12.3 Å². The van der Waals surface area contributed by atoms with Crippen molar-refractivity contribution in [2.24, 2.45) is 0 Å². The molecule has 0 heterocycles. The summed E-state index contributed by atoms with van der Waals surface area (Å²) < 4.78 is 5.43. The summed E-state index contributed by atoms with van der Waals surface area (Å²) in [5.74, 6) is 2.64. The summed E-state index contributed by atoms with van der Waals surface area (Å²) in [4.78, 5) is 13.9. The zero-order valence-corrected chi connectivity index (χ0v) is 11.9. The summed E-state index contributed by atoms with van der Waals surface area (Å²) in [6.45, 7) is 6.51. The Hall–Kier alpha value is -1.17. The number of nitrogens with zero attached hydrogens (tertiary/aromatic N) is 1. The van der Waals surface area contributed by atoms with E-state index in [1.165, 1.54) is 0 Å². The van der Waals surface area contributed by atoms with Crippen LogP contribution in [0.2, 0.25) is 0 Å². The topological polar surface area (TPSA) is 29.5 Å². The van der Waals surface area contributed by atoms with Gasteiger partial charge in [0, 0.05) is 19.0 Å². The van der Waals surface area contributed by atoms with Gasteiger partial charge in [-0.05, 0) is 46.5 Å². The Morgan fingerprint density at radius 2 is 2.00 bits per heavy atom. The first-order valence-electron chi connectivity index (χ1n) is 6.87. The van der Waals surface area contributed by atoms with Gasteiger partial charge in [-0.1, -0.05) is 6.42 Å². The van der Waals surface area contributed by atoms with E-state index in [0.29, 0.717) is 6.04 Å². The lowest BCUT2D eigenvalue weighted by atomic mass is 10.2. The van der Waals surface area contributed by atoms with Crippen LogP contribution >= 0.6 is 0 Å². The zero-order valence-electron chi connectivity index (χ0n) is 11.9. The fraction of sp³-hybridized carbons (Fsp3) is 0.800. The van der Waals surface area contributed by atoms with Gasteiger partial charge in [0.1, 0.15) is 5.60 Å². The lowest BCUT2D eigenvalue weighted by Crippen LogP contribution is -2.38. The highest BCUT2D eigenvalue weighted by atomic mass is 16.6. The highest BCUT2D eigenvalue weighted by molar-refractivity contribution is 5.69. The van der Waals surface area contributed by atoms with Crippen LogP contribution in [-0.4, -0.2) is 29.2 Å².